The minimum atomic E-state index is -1.87. The van der Waals surface area contributed by atoms with Crippen LogP contribution in [0, 0.1) is 49.5 Å². The molecule has 8 nitrogen and oxygen atoms in total. The molecule has 0 fully saturated rings. The Morgan fingerprint density at radius 3 is 2.24 bits per heavy atom. The number of nitro benzene ring substituents is 1. The molecule has 1 atom stereocenters. The summed E-state index contributed by atoms with van der Waals surface area (Å²) in [7, 11) is 0. The fraction of sp³-hybridized carbons (Fsp3) is 0.154. The van der Waals surface area contributed by atoms with Gasteiger partial charge >= 0.3 is 0 Å². The number of ether oxygens (including phenoxy) is 1. The number of nitriles is 3. The quantitative estimate of drug-likeness (QED) is 0.635. The van der Waals surface area contributed by atoms with E-state index in [1.807, 2.05) is 0 Å². The van der Waals surface area contributed by atoms with E-state index in [2.05, 4.69) is 0 Å². The summed E-state index contributed by atoms with van der Waals surface area (Å²) in [6.45, 7) is 0. The number of rotatable bonds is 2. The molecule has 2 rings (SSSR count). The highest BCUT2D eigenvalue weighted by Gasteiger charge is 2.53. The molecule has 0 saturated carbocycles. The molecule has 0 radical (unpaired) electrons. The Morgan fingerprint density at radius 1 is 1.24 bits per heavy atom. The van der Waals surface area contributed by atoms with Crippen LogP contribution in [0.25, 0.3) is 0 Å². The zero-order valence-corrected chi connectivity index (χ0v) is 10.5. The number of nitrogens with two attached hydrogens (primary N) is 1. The molecule has 2 N–H and O–H groups in total. The molecule has 0 bridgehead atoms. The Hall–Kier alpha value is -3.57. The van der Waals surface area contributed by atoms with Crippen molar-refractivity contribution in [2.24, 2.45) is 11.1 Å². The summed E-state index contributed by atoms with van der Waals surface area (Å²) < 4.78 is 5.27. The lowest BCUT2D eigenvalue weighted by atomic mass is 9.77. The van der Waals surface area contributed by atoms with Crippen LogP contribution >= 0.6 is 0 Å². The van der Waals surface area contributed by atoms with E-state index in [-0.39, 0.29) is 17.1 Å². The van der Waals surface area contributed by atoms with Crippen molar-refractivity contribution in [3.8, 4) is 18.2 Å². The van der Waals surface area contributed by atoms with Gasteiger partial charge in [-0.05, 0) is 17.7 Å². The molecular weight excluding hydrogens is 274 g/mol. The molecule has 0 amide bonds. The standard InChI is InChI=1S/C13H7N5O3/c14-5-10-12(17)21-11(13(10,6-15)7-16)8-1-3-9(4-2-8)18(19)20/h1-4,11H,17H2/t11-/m1/s1. The molecule has 0 aliphatic carbocycles. The first kappa shape index (κ1) is 13.9. The average molecular weight is 281 g/mol. The van der Waals surface area contributed by atoms with Crippen LogP contribution < -0.4 is 5.73 Å². The highest BCUT2D eigenvalue weighted by Crippen LogP contribution is 2.48. The number of non-ortho nitro benzene ring substituents is 1. The SMILES string of the molecule is N#CC1=C(N)O[C@H](c2ccc([N+](=O)[O-])cc2)C1(C#N)C#N. The number of nitro groups is 1. The first-order chi connectivity index (χ1) is 10.00. The monoisotopic (exact) mass is 281 g/mol. The third kappa shape index (κ3) is 1.90. The summed E-state index contributed by atoms with van der Waals surface area (Å²) in [6, 6.07) is 10.4. The van der Waals surface area contributed by atoms with Crippen LogP contribution in [0.4, 0.5) is 5.69 Å². The summed E-state index contributed by atoms with van der Waals surface area (Å²) in [4.78, 5) is 10.0. The highest BCUT2D eigenvalue weighted by atomic mass is 16.6. The van der Waals surface area contributed by atoms with Crippen LogP contribution in [0.1, 0.15) is 11.7 Å². The normalized spacial score (nSPS) is 19.0. The molecule has 1 aliphatic rings. The summed E-state index contributed by atoms with van der Waals surface area (Å²) in [5.74, 6) is -0.288. The zero-order chi connectivity index (χ0) is 15.6. The molecule has 102 valence electrons. The number of hydrogen-bond acceptors (Lipinski definition) is 7. The van der Waals surface area contributed by atoms with Gasteiger partial charge in [0.25, 0.3) is 5.69 Å². The summed E-state index contributed by atoms with van der Waals surface area (Å²) in [5, 5.41) is 38.3. The van der Waals surface area contributed by atoms with Crippen LogP contribution in [-0.4, -0.2) is 4.92 Å². The van der Waals surface area contributed by atoms with E-state index >= 15 is 0 Å². The molecule has 0 spiro atoms. The number of benzene rings is 1. The van der Waals surface area contributed by atoms with Gasteiger partial charge in [0.2, 0.25) is 11.3 Å². The second-order valence-electron chi connectivity index (χ2n) is 4.23. The van der Waals surface area contributed by atoms with Crippen LogP contribution in [0.3, 0.4) is 0 Å². The minimum Gasteiger partial charge on any atom is -0.467 e. The second kappa shape index (κ2) is 4.84. The van der Waals surface area contributed by atoms with Crippen molar-refractivity contribution in [3.63, 3.8) is 0 Å². The Balaban J connectivity index is 2.52. The Kier molecular flexibility index (Phi) is 3.19. The average Bonchev–Trinajstić information content (AvgIpc) is 2.79. The number of nitrogens with zero attached hydrogens (tertiary/aromatic N) is 4. The van der Waals surface area contributed by atoms with E-state index in [9.17, 15) is 20.6 Å². The van der Waals surface area contributed by atoms with Crippen molar-refractivity contribution < 1.29 is 9.66 Å². The van der Waals surface area contributed by atoms with Gasteiger partial charge in [0.05, 0.1) is 17.1 Å². The zero-order valence-electron chi connectivity index (χ0n) is 10.5. The summed E-state index contributed by atoms with van der Waals surface area (Å²) in [6.07, 6.45) is -1.11. The lowest BCUT2D eigenvalue weighted by molar-refractivity contribution is -0.384. The first-order valence-corrected chi connectivity index (χ1v) is 5.64. The maximum absolute atomic E-state index is 10.6. The van der Waals surface area contributed by atoms with Gasteiger partial charge in [0, 0.05) is 12.1 Å². The van der Waals surface area contributed by atoms with Crippen LogP contribution in [-0.2, 0) is 4.74 Å². The Morgan fingerprint density at radius 2 is 1.81 bits per heavy atom. The molecular formula is C13H7N5O3. The van der Waals surface area contributed by atoms with Gasteiger partial charge in [-0.25, -0.2) is 0 Å². The summed E-state index contributed by atoms with van der Waals surface area (Å²) >= 11 is 0. The van der Waals surface area contributed by atoms with Gasteiger partial charge in [0.15, 0.2) is 6.10 Å². The van der Waals surface area contributed by atoms with Crippen molar-refractivity contribution in [3.05, 3.63) is 51.4 Å². The largest absolute Gasteiger partial charge is 0.467 e. The maximum Gasteiger partial charge on any atom is 0.269 e. The molecule has 1 aromatic rings. The van der Waals surface area contributed by atoms with Gasteiger partial charge in [0.1, 0.15) is 11.6 Å². The van der Waals surface area contributed by atoms with Crippen molar-refractivity contribution in [2.75, 3.05) is 0 Å². The van der Waals surface area contributed by atoms with E-state index in [0.29, 0.717) is 5.56 Å². The molecule has 1 aromatic carbocycles. The molecule has 8 heteroatoms. The van der Waals surface area contributed by atoms with Crippen molar-refractivity contribution in [1.82, 2.24) is 0 Å². The third-order valence-electron chi connectivity index (χ3n) is 3.15. The van der Waals surface area contributed by atoms with Gasteiger partial charge < -0.3 is 10.5 Å². The molecule has 0 unspecified atom stereocenters. The third-order valence-corrected chi connectivity index (χ3v) is 3.15. The molecule has 0 saturated heterocycles. The van der Waals surface area contributed by atoms with Crippen LogP contribution in [0.15, 0.2) is 35.7 Å². The van der Waals surface area contributed by atoms with Gasteiger partial charge in [-0.2, -0.15) is 15.8 Å². The predicted octanol–water partition coefficient (Wildman–Crippen LogP) is 1.39. The van der Waals surface area contributed by atoms with Crippen molar-refractivity contribution >= 4 is 5.69 Å². The number of hydrogen-bond donors (Lipinski definition) is 1. The van der Waals surface area contributed by atoms with E-state index < -0.39 is 16.4 Å². The fourth-order valence-electron chi connectivity index (χ4n) is 2.09. The van der Waals surface area contributed by atoms with Crippen LogP contribution in [0.2, 0.25) is 0 Å². The van der Waals surface area contributed by atoms with E-state index in [0.717, 1.165) is 0 Å². The Bertz CT molecular complexity index is 747. The van der Waals surface area contributed by atoms with E-state index in [1.165, 1.54) is 24.3 Å². The van der Waals surface area contributed by atoms with E-state index in [1.54, 1.807) is 18.2 Å². The lowest BCUT2D eigenvalue weighted by Crippen LogP contribution is -2.24. The topological polar surface area (TPSA) is 150 Å². The molecule has 0 aromatic heterocycles. The fourth-order valence-corrected chi connectivity index (χ4v) is 2.09. The predicted molar refractivity (Wildman–Crippen MR) is 67.4 cm³/mol. The van der Waals surface area contributed by atoms with Gasteiger partial charge in [-0.15, -0.1) is 0 Å². The Labute approximate surface area is 119 Å². The highest BCUT2D eigenvalue weighted by molar-refractivity contribution is 5.50. The van der Waals surface area contributed by atoms with E-state index in [4.69, 9.17) is 15.7 Å². The van der Waals surface area contributed by atoms with Crippen molar-refractivity contribution in [2.45, 2.75) is 6.10 Å². The smallest absolute Gasteiger partial charge is 0.269 e. The van der Waals surface area contributed by atoms with Crippen molar-refractivity contribution in [1.29, 1.82) is 15.8 Å². The molecule has 1 aliphatic heterocycles. The molecule has 1 heterocycles. The second-order valence-corrected chi connectivity index (χ2v) is 4.23. The van der Waals surface area contributed by atoms with Gasteiger partial charge in [-0.3, -0.25) is 10.1 Å². The van der Waals surface area contributed by atoms with Crippen LogP contribution in [0.5, 0.6) is 0 Å². The molecule has 21 heavy (non-hydrogen) atoms. The van der Waals surface area contributed by atoms with Gasteiger partial charge in [-0.1, -0.05) is 0 Å². The minimum absolute atomic E-state index is 0.141. The maximum atomic E-state index is 10.6. The summed E-state index contributed by atoms with van der Waals surface area (Å²) in [5.41, 5.74) is 3.63. The lowest BCUT2D eigenvalue weighted by Gasteiger charge is -2.20. The first-order valence-electron chi connectivity index (χ1n) is 5.64.